The minimum Gasteiger partial charge on any atom is -0.469 e. The Kier molecular flexibility index (Phi) is 8.50. The van der Waals surface area contributed by atoms with Crippen molar-refractivity contribution in [3.05, 3.63) is 12.0 Å². The molecule has 3 aliphatic carbocycles. The fourth-order valence-electron chi connectivity index (χ4n) is 5.16. The predicted molar refractivity (Wildman–Crippen MR) is 138 cm³/mol. The molecule has 0 radical (unpaired) electrons. The van der Waals surface area contributed by atoms with Crippen molar-refractivity contribution in [2.24, 2.45) is 23.3 Å². The molecule has 0 spiro atoms. The largest absolute Gasteiger partial charge is 0.469 e. The first-order valence-electron chi connectivity index (χ1n) is 11.9. The predicted octanol–water partition coefficient (Wildman–Crippen LogP) is 4.36. The smallest absolute Gasteiger partial charge is 0.311 e. The van der Waals surface area contributed by atoms with Crippen LogP contribution in [0.25, 0.3) is 11.0 Å². The minimum absolute atomic E-state index is 0.0346. The first kappa shape index (κ1) is 28.1. The number of anilines is 1. The van der Waals surface area contributed by atoms with Crippen LogP contribution in [0.5, 0.6) is 0 Å². The maximum Gasteiger partial charge on any atom is 0.311 e. The molecule has 0 atom stereocenters. The molecule has 3 saturated carbocycles. The second-order valence-corrected chi connectivity index (χ2v) is 11.6. The fourth-order valence-corrected chi connectivity index (χ4v) is 5.68. The van der Waals surface area contributed by atoms with Gasteiger partial charge in [0.05, 0.1) is 12.5 Å². The zero-order chi connectivity index (χ0) is 26.7. The van der Waals surface area contributed by atoms with Crippen molar-refractivity contribution >= 4 is 57.3 Å². The lowest BCUT2D eigenvalue weighted by molar-refractivity contribution is -0.162. The van der Waals surface area contributed by atoms with E-state index in [0.717, 1.165) is 38.5 Å². The highest BCUT2D eigenvalue weighted by Gasteiger charge is 2.53. The summed E-state index contributed by atoms with van der Waals surface area (Å²) in [7, 11) is 3.17. The summed E-state index contributed by atoms with van der Waals surface area (Å²) in [6.45, 7) is 6.50. The Labute approximate surface area is 221 Å². The van der Waals surface area contributed by atoms with Gasteiger partial charge in [-0.3, -0.25) is 23.9 Å². The number of hydrogen-bond donors (Lipinski definition) is 2. The summed E-state index contributed by atoms with van der Waals surface area (Å²) < 4.78 is 6.56. The highest BCUT2D eigenvalue weighted by Crippen LogP contribution is 2.57. The number of halogens is 2. The maximum atomic E-state index is 12.9. The van der Waals surface area contributed by atoms with Crippen LogP contribution in [0.2, 0.25) is 0 Å². The Balaban J connectivity index is 0.000000392. The number of ether oxygens (including phenoxy) is 1. The van der Waals surface area contributed by atoms with E-state index in [4.69, 9.17) is 28.1 Å². The molecule has 3 fully saturated rings. The lowest BCUT2D eigenvalue weighted by Gasteiger charge is -2.51. The molecule has 2 bridgehead atoms. The number of rotatable bonds is 6. The van der Waals surface area contributed by atoms with Gasteiger partial charge in [0.15, 0.2) is 11.5 Å². The topological polar surface area (TPSA) is 128 Å². The van der Waals surface area contributed by atoms with Gasteiger partial charge in [0.1, 0.15) is 17.4 Å². The minimum atomic E-state index is -0.320. The summed E-state index contributed by atoms with van der Waals surface area (Å²) >= 11 is 10.8. The molecule has 12 heteroatoms. The second-order valence-electron chi connectivity index (χ2n) is 11.0. The average molecular weight is 541 g/mol. The van der Waals surface area contributed by atoms with Crippen molar-refractivity contribution in [3.8, 4) is 0 Å². The van der Waals surface area contributed by atoms with E-state index in [1.54, 1.807) is 11.7 Å². The molecule has 36 heavy (non-hydrogen) atoms. The van der Waals surface area contributed by atoms with Gasteiger partial charge in [-0.25, -0.2) is 9.97 Å². The van der Waals surface area contributed by atoms with Gasteiger partial charge in [0, 0.05) is 31.8 Å². The highest BCUT2D eigenvalue weighted by atomic mass is 35.5. The third-order valence-electron chi connectivity index (χ3n) is 7.24. The van der Waals surface area contributed by atoms with Crippen LogP contribution in [-0.2, 0) is 21.4 Å². The number of amides is 1. The normalized spacial score (nSPS) is 23.0. The molecular formula is C24H34Cl2N6O4. The van der Waals surface area contributed by atoms with Crippen LogP contribution in [-0.4, -0.2) is 50.5 Å². The number of nitrogens with one attached hydrogen (secondary N) is 2. The number of aromatic nitrogens is 4. The van der Waals surface area contributed by atoms with E-state index >= 15 is 0 Å². The van der Waals surface area contributed by atoms with Gasteiger partial charge in [0.2, 0.25) is 5.24 Å². The number of carbonyl (C=O) groups is 3. The van der Waals surface area contributed by atoms with E-state index in [0.29, 0.717) is 29.8 Å². The van der Waals surface area contributed by atoms with Crippen molar-refractivity contribution < 1.29 is 19.1 Å². The summed E-state index contributed by atoms with van der Waals surface area (Å²) in [5.74, 6) is 0.0299. The highest BCUT2D eigenvalue weighted by molar-refractivity contribution is 6.63. The van der Waals surface area contributed by atoms with Gasteiger partial charge in [-0.1, -0.05) is 20.8 Å². The summed E-state index contributed by atoms with van der Waals surface area (Å²) in [6, 6.07) is 0. The lowest BCUT2D eigenvalue weighted by Crippen LogP contribution is -2.50. The molecule has 2 heterocycles. The molecule has 0 saturated heterocycles. The molecule has 5 rings (SSSR count). The summed E-state index contributed by atoms with van der Waals surface area (Å²) in [5, 5.41) is 7.01. The van der Waals surface area contributed by atoms with Crippen LogP contribution in [0.15, 0.2) is 6.33 Å². The molecular weight excluding hydrogens is 507 g/mol. The van der Waals surface area contributed by atoms with E-state index in [1.807, 2.05) is 20.8 Å². The Morgan fingerprint density at radius 3 is 2.19 bits per heavy atom. The fraction of sp³-hybridized carbons (Fsp3) is 0.667. The van der Waals surface area contributed by atoms with Gasteiger partial charge in [-0.05, 0) is 61.0 Å². The Morgan fingerprint density at radius 1 is 1.11 bits per heavy atom. The van der Waals surface area contributed by atoms with Gasteiger partial charge in [-0.15, -0.1) is 0 Å². The van der Waals surface area contributed by atoms with E-state index in [9.17, 15) is 14.4 Å². The standard InChI is InChI=1S/C18H23ClN6O3.C6H11ClO/c1-25-13-11(14(23-19)24-25)21-10-22-12(13)15(26)20-9-17-3-6-18(7-4-17,8-5-17)16(27)28-2;1-6(2,3)4-5(7)8/h10H,3-9H2,1-2H3,(H,20,26)(H,23,24);4H2,1-3H3. The van der Waals surface area contributed by atoms with Crippen molar-refractivity contribution in [3.63, 3.8) is 0 Å². The zero-order valence-corrected chi connectivity index (χ0v) is 22.9. The third-order valence-corrected chi connectivity index (χ3v) is 7.55. The molecule has 0 aromatic carbocycles. The SMILES string of the molecule is CC(C)(C)CC(=O)Cl.COC(=O)C12CCC(CNC(=O)c3ncnc4c(NCl)nn(C)c34)(CC1)CC2. The monoisotopic (exact) mass is 540 g/mol. The van der Waals surface area contributed by atoms with Crippen LogP contribution in [0.1, 0.15) is 76.2 Å². The van der Waals surface area contributed by atoms with Crippen molar-refractivity contribution in [2.75, 3.05) is 18.5 Å². The molecule has 2 N–H and O–H groups in total. The van der Waals surface area contributed by atoms with Crippen molar-refractivity contribution in [1.82, 2.24) is 25.1 Å². The van der Waals surface area contributed by atoms with E-state index in [-0.39, 0.29) is 39.1 Å². The molecule has 198 valence electrons. The number of esters is 1. The molecule has 10 nitrogen and oxygen atoms in total. The van der Waals surface area contributed by atoms with Crippen LogP contribution >= 0.6 is 23.4 Å². The van der Waals surface area contributed by atoms with Gasteiger partial charge in [-0.2, -0.15) is 5.10 Å². The van der Waals surface area contributed by atoms with E-state index in [1.165, 1.54) is 13.4 Å². The summed E-state index contributed by atoms with van der Waals surface area (Å²) in [4.78, 5) is 46.0. The van der Waals surface area contributed by atoms with Crippen molar-refractivity contribution in [2.45, 2.75) is 65.7 Å². The lowest BCUT2D eigenvalue weighted by atomic mass is 9.53. The number of fused-ring (bicyclic) bond motifs is 4. The Hall–Kier alpha value is -2.46. The van der Waals surface area contributed by atoms with E-state index < -0.39 is 0 Å². The van der Waals surface area contributed by atoms with Gasteiger partial charge < -0.3 is 10.1 Å². The quantitative estimate of drug-likeness (QED) is 0.314. The molecule has 2 aromatic heterocycles. The second kappa shape index (κ2) is 10.9. The van der Waals surface area contributed by atoms with Crippen LogP contribution in [0, 0.1) is 16.2 Å². The van der Waals surface area contributed by atoms with Crippen LogP contribution in [0.3, 0.4) is 0 Å². The van der Waals surface area contributed by atoms with Gasteiger partial charge in [0.25, 0.3) is 5.91 Å². The summed E-state index contributed by atoms with van der Waals surface area (Å²) in [5.41, 5.74) is 1.04. The number of carbonyl (C=O) groups excluding carboxylic acids is 3. The van der Waals surface area contributed by atoms with Crippen molar-refractivity contribution in [1.29, 1.82) is 0 Å². The number of hydrogen-bond acceptors (Lipinski definition) is 8. The maximum absolute atomic E-state index is 12.9. The van der Waals surface area contributed by atoms with Crippen LogP contribution < -0.4 is 10.2 Å². The average Bonchev–Trinajstić information content (AvgIpc) is 3.18. The molecule has 0 unspecified atom stereocenters. The van der Waals surface area contributed by atoms with E-state index in [2.05, 4.69) is 25.2 Å². The first-order chi connectivity index (χ1) is 16.9. The summed E-state index contributed by atoms with van der Waals surface area (Å²) in [6.07, 6.45) is 6.98. The molecule has 2 aromatic rings. The number of nitrogens with zero attached hydrogens (tertiary/aromatic N) is 4. The Bertz CT molecular complexity index is 1120. The first-order valence-corrected chi connectivity index (χ1v) is 12.7. The third kappa shape index (κ3) is 6.08. The molecule has 3 aliphatic rings. The molecule has 0 aliphatic heterocycles. The number of methoxy groups -OCH3 is 1. The van der Waals surface area contributed by atoms with Gasteiger partial charge >= 0.3 is 5.97 Å². The Morgan fingerprint density at radius 2 is 1.72 bits per heavy atom. The number of aryl methyl sites for hydroxylation is 1. The van der Waals surface area contributed by atoms with Crippen LogP contribution in [0.4, 0.5) is 5.82 Å². The zero-order valence-electron chi connectivity index (χ0n) is 21.4. The molecule has 1 amide bonds.